The van der Waals surface area contributed by atoms with Crippen molar-refractivity contribution in [3.63, 3.8) is 0 Å². The summed E-state index contributed by atoms with van der Waals surface area (Å²) < 4.78 is 0. The van der Waals surface area contributed by atoms with Crippen LogP contribution in [0, 0.1) is 12.3 Å². The number of hydrogen-bond acceptors (Lipinski definition) is 5. The van der Waals surface area contributed by atoms with Gasteiger partial charge in [-0.05, 0) is 19.2 Å². The Morgan fingerprint density at radius 2 is 2.04 bits per heavy atom. The van der Waals surface area contributed by atoms with Crippen LogP contribution in [-0.2, 0) is 4.79 Å². The zero-order valence-electron chi connectivity index (χ0n) is 13.9. The van der Waals surface area contributed by atoms with Gasteiger partial charge in [0.1, 0.15) is 5.82 Å². The van der Waals surface area contributed by atoms with Crippen LogP contribution in [0.2, 0.25) is 0 Å². The van der Waals surface area contributed by atoms with Crippen molar-refractivity contribution < 1.29 is 9.59 Å². The van der Waals surface area contributed by atoms with Crippen LogP contribution in [0.4, 0.5) is 5.82 Å². The van der Waals surface area contributed by atoms with Crippen molar-refractivity contribution in [2.45, 2.75) is 6.42 Å². The van der Waals surface area contributed by atoms with Crippen molar-refractivity contribution in [2.24, 2.45) is 0 Å². The molecule has 0 aromatic carbocycles. The smallest absolute Gasteiger partial charge is 0.251 e. The molecule has 0 bridgehead atoms. The third-order valence-corrected chi connectivity index (χ3v) is 3.86. The molecule has 0 saturated carbocycles. The molecular formula is C17H23N5O2. The van der Waals surface area contributed by atoms with Gasteiger partial charge in [-0.25, -0.2) is 4.98 Å². The number of terminal acetylenes is 1. The molecule has 2 N–H and O–H groups in total. The molecule has 1 fully saturated rings. The van der Waals surface area contributed by atoms with E-state index in [-0.39, 0.29) is 31.3 Å². The molecule has 7 nitrogen and oxygen atoms in total. The molecular weight excluding hydrogens is 306 g/mol. The standard InChI is InChI=1S/C17H23N5O2/c1-3-6-19-16(23)5-8-20-17(24)14-4-7-18-15(13-14)22-11-9-21(2)10-12-22/h1,4,7,13H,5-6,8-12H2,2H3,(H,19,23)(H,20,24). The Balaban J connectivity index is 1.85. The topological polar surface area (TPSA) is 77.6 Å². The summed E-state index contributed by atoms with van der Waals surface area (Å²) in [6, 6.07) is 3.46. The fourth-order valence-corrected chi connectivity index (χ4v) is 2.40. The van der Waals surface area contributed by atoms with E-state index in [1.165, 1.54) is 0 Å². The SMILES string of the molecule is C#CCNC(=O)CCNC(=O)c1ccnc(N2CCN(C)CC2)c1. The highest BCUT2D eigenvalue weighted by Gasteiger charge is 2.16. The summed E-state index contributed by atoms with van der Waals surface area (Å²) >= 11 is 0. The number of likely N-dealkylation sites (N-methyl/N-ethyl adjacent to an activating group) is 1. The summed E-state index contributed by atoms with van der Waals surface area (Å²) in [5.74, 6) is 2.75. The van der Waals surface area contributed by atoms with Crippen LogP contribution < -0.4 is 15.5 Å². The van der Waals surface area contributed by atoms with Crippen LogP contribution in [0.3, 0.4) is 0 Å². The van der Waals surface area contributed by atoms with Gasteiger partial charge >= 0.3 is 0 Å². The quantitative estimate of drug-likeness (QED) is 0.701. The Bertz CT molecular complexity index is 618. The number of pyridine rings is 1. The lowest BCUT2D eigenvalue weighted by molar-refractivity contribution is -0.120. The van der Waals surface area contributed by atoms with E-state index >= 15 is 0 Å². The average Bonchev–Trinajstić information content (AvgIpc) is 2.60. The number of piperazine rings is 1. The minimum atomic E-state index is -0.211. The normalized spacial score (nSPS) is 14.8. The lowest BCUT2D eigenvalue weighted by Gasteiger charge is -2.33. The Labute approximate surface area is 142 Å². The maximum absolute atomic E-state index is 12.2. The molecule has 1 aliphatic rings. The summed E-state index contributed by atoms with van der Waals surface area (Å²) in [6.45, 7) is 4.20. The van der Waals surface area contributed by atoms with Crippen LogP contribution in [0.15, 0.2) is 18.3 Å². The van der Waals surface area contributed by atoms with Crippen LogP contribution in [0.5, 0.6) is 0 Å². The number of carbonyl (C=O) groups is 2. The number of amides is 2. The molecule has 1 aromatic heterocycles. The summed E-state index contributed by atoms with van der Waals surface area (Å²) in [5.41, 5.74) is 0.544. The third-order valence-electron chi connectivity index (χ3n) is 3.86. The number of nitrogens with zero attached hydrogens (tertiary/aromatic N) is 3. The van der Waals surface area contributed by atoms with Crippen molar-refractivity contribution in [3.8, 4) is 12.3 Å². The first kappa shape index (κ1) is 17.8. The Kier molecular flexibility index (Phi) is 6.58. The molecule has 1 aromatic rings. The van der Waals surface area contributed by atoms with Crippen LogP contribution in [0.25, 0.3) is 0 Å². The summed E-state index contributed by atoms with van der Waals surface area (Å²) in [7, 11) is 2.09. The molecule has 128 valence electrons. The zero-order chi connectivity index (χ0) is 17.4. The van der Waals surface area contributed by atoms with Gasteiger partial charge in [0.2, 0.25) is 5.91 Å². The van der Waals surface area contributed by atoms with Crippen molar-refractivity contribution in [3.05, 3.63) is 23.9 Å². The molecule has 0 spiro atoms. The predicted molar refractivity (Wildman–Crippen MR) is 92.7 cm³/mol. The van der Waals surface area contributed by atoms with Crippen LogP contribution >= 0.6 is 0 Å². The Morgan fingerprint density at radius 3 is 2.75 bits per heavy atom. The first-order chi connectivity index (χ1) is 11.6. The molecule has 2 heterocycles. The number of hydrogen-bond donors (Lipinski definition) is 2. The van der Waals surface area contributed by atoms with Crippen molar-refractivity contribution in [1.29, 1.82) is 0 Å². The lowest BCUT2D eigenvalue weighted by atomic mass is 10.2. The predicted octanol–water partition coefficient (Wildman–Crippen LogP) is -0.297. The summed E-state index contributed by atoms with van der Waals surface area (Å²) in [4.78, 5) is 32.4. The van der Waals surface area contributed by atoms with Gasteiger partial charge in [0.25, 0.3) is 5.91 Å². The molecule has 0 radical (unpaired) electrons. The second-order valence-corrected chi connectivity index (χ2v) is 5.68. The van der Waals surface area contributed by atoms with Gasteiger partial charge in [-0.1, -0.05) is 5.92 Å². The number of carbonyl (C=O) groups excluding carboxylic acids is 2. The second kappa shape index (κ2) is 8.89. The monoisotopic (exact) mass is 329 g/mol. The highest BCUT2D eigenvalue weighted by molar-refractivity contribution is 5.95. The minimum Gasteiger partial charge on any atom is -0.354 e. The maximum atomic E-state index is 12.2. The molecule has 0 unspecified atom stereocenters. The van der Waals surface area contributed by atoms with Gasteiger partial charge in [-0.3, -0.25) is 9.59 Å². The lowest BCUT2D eigenvalue weighted by Crippen LogP contribution is -2.44. The summed E-state index contributed by atoms with van der Waals surface area (Å²) in [6.07, 6.45) is 6.91. The van der Waals surface area contributed by atoms with E-state index in [0.29, 0.717) is 5.56 Å². The molecule has 0 atom stereocenters. The summed E-state index contributed by atoms with van der Waals surface area (Å²) in [5, 5.41) is 5.29. The van der Waals surface area contributed by atoms with Gasteiger partial charge in [0.05, 0.1) is 6.54 Å². The van der Waals surface area contributed by atoms with E-state index in [2.05, 4.69) is 38.4 Å². The number of nitrogens with one attached hydrogen (secondary N) is 2. The highest BCUT2D eigenvalue weighted by Crippen LogP contribution is 2.14. The fraction of sp³-hybridized carbons (Fsp3) is 0.471. The number of rotatable bonds is 6. The van der Waals surface area contributed by atoms with Gasteiger partial charge < -0.3 is 20.4 Å². The third kappa shape index (κ3) is 5.25. The van der Waals surface area contributed by atoms with Crippen molar-refractivity contribution in [1.82, 2.24) is 20.5 Å². The van der Waals surface area contributed by atoms with E-state index in [0.717, 1.165) is 32.0 Å². The first-order valence-electron chi connectivity index (χ1n) is 7.98. The number of aromatic nitrogens is 1. The molecule has 2 rings (SSSR count). The average molecular weight is 329 g/mol. The molecule has 0 aliphatic carbocycles. The van der Waals surface area contributed by atoms with Gasteiger partial charge in [0, 0.05) is 50.9 Å². The molecule has 2 amide bonds. The maximum Gasteiger partial charge on any atom is 0.251 e. The fourth-order valence-electron chi connectivity index (χ4n) is 2.40. The van der Waals surface area contributed by atoms with E-state index in [4.69, 9.17) is 6.42 Å². The zero-order valence-corrected chi connectivity index (χ0v) is 13.9. The largest absolute Gasteiger partial charge is 0.354 e. The van der Waals surface area contributed by atoms with Gasteiger partial charge in [-0.15, -0.1) is 6.42 Å². The first-order valence-corrected chi connectivity index (χ1v) is 7.98. The van der Waals surface area contributed by atoms with Crippen LogP contribution in [0.1, 0.15) is 16.8 Å². The van der Waals surface area contributed by atoms with E-state index in [1.54, 1.807) is 18.3 Å². The highest BCUT2D eigenvalue weighted by atomic mass is 16.2. The van der Waals surface area contributed by atoms with Crippen molar-refractivity contribution >= 4 is 17.6 Å². The molecule has 7 heteroatoms. The molecule has 1 saturated heterocycles. The Morgan fingerprint density at radius 1 is 1.29 bits per heavy atom. The van der Waals surface area contributed by atoms with Gasteiger partial charge in [0.15, 0.2) is 0 Å². The molecule has 24 heavy (non-hydrogen) atoms. The second-order valence-electron chi connectivity index (χ2n) is 5.68. The van der Waals surface area contributed by atoms with E-state index in [9.17, 15) is 9.59 Å². The molecule has 1 aliphatic heterocycles. The van der Waals surface area contributed by atoms with Gasteiger partial charge in [-0.2, -0.15) is 0 Å². The van der Waals surface area contributed by atoms with Crippen molar-refractivity contribution in [2.75, 3.05) is 51.2 Å². The number of anilines is 1. The van der Waals surface area contributed by atoms with E-state index < -0.39 is 0 Å². The Hall–Kier alpha value is -2.59. The van der Waals surface area contributed by atoms with E-state index in [1.807, 2.05) is 0 Å². The van der Waals surface area contributed by atoms with Crippen LogP contribution in [-0.4, -0.2) is 68.0 Å². The minimum absolute atomic E-state index is 0.180.